The van der Waals surface area contributed by atoms with Crippen molar-refractivity contribution in [3.8, 4) is 0 Å². The van der Waals surface area contributed by atoms with Gasteiger partial charge in [0.25, 0.3) is 11.8 Å². The normalized spacial score (nSPS) is 16.8. The van der Waals surface area contributed by atoms with Crippen LogP contribution in [0, 0.1) is 0 Å². The van der Waals surface area contributed by atoms with Crippen molar-refractivity contribution in [2.24, 2.45) is 0 Å². The number of hydrogen-bond acceptors (Lipinski definition) is 3. The largest absolute Gasteiger partial charge is 0.323 e. The highest BCUT2D eigenvalue weighted by Crippen LogP contribution is 2.32. The Morgan fingerprint density at radius 2 is 1.57 bits per heavy atom. The quantitative estimate of drug-likeness (QED) is 0.722. The summed E-state index contributed by atoms with van der Waals surface area (Å²) in [5.74, 6) is -0.507. The summed E-state index contributed by atoms with van der Waals surface area (Å²) in [5, 5.41) is 5.89. The molecule has 0 radical (unpaired) electrons. The molecule has 1 aliphatic carbocycles. The van der Waals surface area contributed by atoms with Crippen molar-refractivity contribution in [1.29, 1.82) is 0 Å². The molecule has 2 N–H and O–H groups in total. The van der Waals surface area contributed by atoms with E-state index in [1.54, 1.807) is 42.5 Å². The van der Waals surface area contributed by atoms with Crippen LogP contribution in [0.5, 0.6) is 0 Å². The van der Waals surface area contributed by atoms with E-state index in [2.05, 4.69) is 10.6 Å². The number of carbonyl (C=O) groups is 3. The number of imide groups is 1. The molecule has 2 aliphatic rings. The highest BCUT2D eigenvalue weighted by molar-refractivity contribution is 6.31. The van der Waals surface area contributed by atoms with Crippen molar-refractivity contribution in [3.63, 3.8) is 0 Å². The summed E-state index contributed by atoms with van der Waals surface area (Å²) in [6, 6.07) is 11.1. The average molecular weight is 398 g/mol. The Labute approximate surface area is 167 Å². The van der Waals surface area contributed by atoms with Crippen molar-refractivity contribution < 1.29 is 14.4 Å². The molecule has 1 aliphatic heterocycles. The van der Waals surface area contributed by atoms with E-state index in [0.29, 0.717) is 27.5 Å². The summed E-state index contributed by atoms with van der Waals surface area (Å²) in [4.78, 5) is 39.2. The molecule has 0 aromatic heterocycles. The number of halogens is 1. The maximum absolute atomic E-state index is 12.8. The van der Waals surface area contributed by atoms with Crippen LogP contribution in [-0.4, -0.2) is 28.8 Å². The second kappa shape index (κ2) is 7.64. The lowest BCUT2D eigenvalue weighted by Crippen LogP contribution is -2.40. The molecule has 2 aromatic carbocycles. The Morgan fingerprint density at radius 3 is 2.29 bits per heavy atom. The highest BCUT2D eigenvalue weighted by atomic mass is 35.5. The molecule has 1 saturated carbocycles. The molecule has 0 atom stereocenters. The van der Waals surface area contributed by atoms with E-state index in [1.807, 2.05) is 0 Å². The summed E-state index contributed by atoms with van der Waals surface area (Å²) in [7, 11) is 0. The van der Waals surface area contributed by atoms with Gasteiger partial charge in [0.1, 0.15) is 0 Å². The van der Waals surface area contributed by atoms with Crippen LogP contribution in [-0.2, 0) is 0 Å². The molecule has 144 valence electrons. The van der Waals surface area contributed by atoms with Crippen molar-refractivity contribution in [2.75, 3.05) is 10.6 Å². The molecule has 28 heavy (non-hydrogen) atoms. The zero-order chi connectivity index (χ0) is 19.7. The number of rotatable bonds is 3. The van der Waals surface area contributed by atoms with Gasteiger partial charge in [0, 0.05) is 22.4 Å². The summed E-state index contributed by atoms with van der Waals surface area (Å²) in [6.07, 6.45) is 4.94. The fourth-order valence-electron chi connectivity index (χ4n) is 3.87. The van der Waals surface area contributed by atoms with Gasteiger partial charge in [-0.1, -0.05) is 36.9 Å². The maximum atomic E-state index is 12.8. The lowest BCUT2D eigenvalue weighted by Gasteiger charge is -2.29. The molecular weight excluding hydrogens is 378 g/mol. The van der Waals surface area contributed by atoms with Gasteiger partial charge < -0.3 is 10.6 Å². The van der Waals surface area contributed by atoms with Gasteiger partial charge >= 0.3 is 6.03 Å². The zero-order valence-corrected chi connectivity index (χ0v) is 16.0. The van der Waals surface area contributed by atoms with E-state index in [9.17, 15) is 14.4 Å². The van der Waals surface area contributed by atoms with E-state index in [0.717, 1.165) is 32.1 Å². The van der Waals surface area contributed by atoms with Crippen LogP contribution in [0.3, 0.4) is 0 Å². The number of urea groups is 1. The monoisotopic (exact) mass is 397 g/mol. The molecule has 2 aromatic rings. The van der Waals surface area contributed by atoms with Crippen molar-refractivity contribution in [1.82, 2.24) is 4.90 Å². The molecule has 4 rings (SSSR count). The molecule has 0 saturated heterocycles. The maximum Gasteiger partial charge on any atom is 0.323 e. The minimum Gasteiger partial charge on any atom is -0.308 e. The third-order valence-electron chi connectivity index (χ3n) is 5.20. The molecule has 6 nitrogen and oxygen atoms in total. The van der Waals surface area contributed by atoms with Crippen molar-refractivity contribution >= 4 is 40.8 Å². The predicted octanol–water partition coefficient (Wildman–Crippen LogP) is 4.91. The Kier molecular flexibility index (Phi) is 5.05. The Hall–Kier alpha value is -2.86. The van der Waals surface area contributed by atoms with Gasteiger partial charge in [0.2, 0.25) is 0 Å². The predicted molar refractivity (Wildman–Crippen MR) is 108 cm³/mol. The van der Waals surface area contributed by atoms with Crippen LogP contribution in [0.4, 0.5) is 16.2 Å². The van der Waals surface area contributed by atoms with Gasteiger partial charge in [0.15, 0.2) is 0 Å². The standard InChI is InChI=1S/C21H20ClN3O3/c22-13-5-4-6-14(11-13)23-21(28)24-15-9-10-17-18(12-15)20(27)25(19(17)26)16-7-2-1-3-8-16/h4-6,9-12,16H,1-3,7-8H2,(H2,23,24,28). The number of anilines is 2. The number of carbonyl (C=O) groups excluding carboxylic acids is 3. The topological polar surface area (TPSA) is 78.5 Å². The fourth-order valence-corrected chi connectivity index (χ4v) is 4.06. The number of amides is 4. The van der Waals surface area contributed by atoms with Crippen LogP contribution in [0.1, 0.15) is 52.8 Å². The average Bonchev–Trinajstić information content (AvgIpc) is 2.92. The van der Waals surface area contributed by atoms with Crippen LogP contribution >= 0.6 is 11.6 Å². The van der Waals surface area contributed by atoms with Gasteiger partial charge in [-0.05, 0) is 49.2 Å². The Bertz CT molecular complexity index is 954. The summed E-state index contributed by atoms with van der Waals surface area (Å²) >= 11 is 5.91. The van der Waals surface area contributed by atoms with Crippen LogP contribution < -0.4 is 10.6 Å². The van der Waals surface area contributed by atoms with Gasteiger partial charge in [-0.2, -0.15) is 0 Å². The second-order valence-electron chi connectivity index (χ2n) is 7.12. The van der Waals surface area contributed by atoms with Gasteiger partial charge in [-0.15, -0.1) is 0 Å². The van der Waals surface area contributed by atoms with E-state index in [4.69, 9.17) is 11.6 Å². The number of hydrogen-bond donors (Lipinski definition) is 2. The number of nitrogens with one attached hydrogen (secondary N) is 2. The molecule has 1 fully saturated rings. The summed E-state index contributed by atoms with van der Waals surface area (Å²) in [6.45, 7) is 0. The first-order valence-electron chi connectivity index (χ1n) is 9.38. The highest BCUT2D eigenvalue weighted by Gasteiger charge is 2.40. The summed E-state index contributed by atoms with van der Waals surface area (Å²) < 4.78 is 0. The Balaban J connectivity index is 1.49. The molecular formula is C21H20ClN3O3. The SMILES string of the molecule is O=C(Nc1cccc(Cl)c1)Nc1ccc2c(c1)C(=O)N(C1CCCCC1)C2=O. The zero-order valence-electron chi connectivity index (χ0n) is 15.2. The van der Waals surface area contributed by atoms with Gasteiger partial charge in [-0.3, -0.25) is 14.5 Å². The Morgan fingerprint density at radius 1 is 0.893 bits per heavy atom. The molecule has 0 unspecified atom stereocenters. The van der Waals surface area contributed by atoms with Crippen LogP contribution in [0.2, 0.25) is 5.02 Å². The molecule has 0 bridgehead atoms. The lowest BCUT2D eigenvalue weighted by molar-refractivity contribution is 0.0549. The first kappa shape index (κ1) is 18.5. The van der Waals surface area contributed by atoms with E-state index in [1.165, 1.54) is 4.90 Å². The van der Waals surface area contributed by atoms with Crippen LogP contribution in [0.15, 0.2) is 42.5 Å². The molecule has 4 amide bonds. The minimum atomic E-state index is -0.455. The molecule has 1 heterocycles. The fraction of sp³-hybridized carbons (Fsp3) is 0.286. The van der Waals surface area contributed by atoms with Crippen molar-refractivity contribution in [2.45, 2.75) is 38.1 Å². The smallest absolute Gasteiger partial charge is 0.308 e. The third-order valence-corrected chi connectivity index (χ3v) is 5.43. The first-order chi connectivity index (χ1) is 13.5. The van der Waals surface area contributed by atoms with E-state index >= 15 is 0 Å². The lowest BCUT2D eigenvalue weighted by atomic mass is 9.94. The molecule has 7 heteroatoms. The first-order valence-corrected chi connectivity index (χ1v) is 9.76. The second-order valence-corrected chi connectivity index (χ2v) is 7.56. The minimum absolute atomic E-state index is 0.0244. The summed E-state index contributed by atoms with van der Waals surface area (Å²) in [5.41, 5.74) is 1.75. The van der Waals surface area contributed by atoms with Gasteiger partial charge in [0.05, 0.1) is 11.1 Å². The van der Waals surface area contributed by atoms with Gasteiger partial charge in [-0.25, -0.2) is 4.79 Å². The van der Waals surface area contributed by atoms with E-state index < -0.39 is 6.03 Å². The molecule has 0 spiro atoms. The van der Waals surface area contributed by atoms with Crippen molar-refractivity contribution in [3.05, 3.63) is 58.6 Å². The van der Waals surface area contributed by atoms with Crippen LogP contribution in [0.25, 0.3) is 0 Å². The van der Waals surface area contributed by atoms with E-state index in [-0.39, 0.29) is 17.9 Å². The third kappa shape index (κ3) is 3.60. The number of benzene rings is 2. The number of nitrogens with zero attached hydrogens (tertiary/aromatic N) is 1. The number of fused-ring (bicyclic) bond motifs is 1.